The van der Waals surface area contributed by atoms with Gasteiger partial charge in [-0.25, -0.2) is 0 Å². The van der Waals surface area contributed by atoms with E-state index in [1.165, 1.54) is 13.3 Å². The van der Waals surface area contributed by atoms with Crippen molar-refractivity contribution in [2.45, 2.75) is 44.8 Å². The number of likely N-dealkylation sites (tertiary alicyclic amines) is 1. The van der Waals surface area contributed by atoms with E-state index in [9.17, 15) is 14.7 Å². The number of Topliss-reactive ketones (excluding diaryl/α,β-unsaturated/α-hetero) is 2. The number of aliphatic hydroxyl groups excluding tert-OH is 1. The molecule has 1 aromatic carbocycles. The number of hydrogen-bond acceptors (Lipinski definition) is 7. The Morgan fingerprint density at radius 1 is 1.21 bits per heavy atom. The van der Waals surface area contributed by atoms with Gasteiger partial charge in [-0.3, -0.25) is 19.5 Å². The molecule has 2 heterocycles. The van der Waals surface area contributed by atoms with Gasteiger partial charge in [0.25, 0.3) is 0 Å². The van der Waals surface area contributed by atoms with Crippen LogP contribution in [0.15, 0.2) is 30.5 Å². The van der Waals surface area contributed by atoms with Crippen LogP contribution in [0, 0.1) is 29.6 Å². The fourth-order valence-electron chi connectivity index (χ4n) is 5.51. The molecule has 1 unspecified atom stereocenters. The topological polar surface area (TPSA) is 104 Å². The number of carbonyl (C=O) groups is 2. The lowest BCUT2D eigenvalue weighted by atomic mass is 9.63. The Balaban J connectivity index is 1.39. The van der Waals surface area contributed by atoms with Crippen molar-refractivity contribution in [3.63, 3.8) is 0 Å². The zero-order valence-electron chi connectivity index (χ0n) is 18.9. The van der Waals surface area contributed by atoms with Gasteiger partial charge >= 0.3 is 0 Å². The van der Waals surface area contributed by atoms with Crippen LogP contribution in [-0.2, 0) is 9.59 Å². The summed E-state index contributed by atoms with van der Waals surface area (Å²) in [5.74, 6) is -0.120. The fourth-order valence-corrected chi connectivity index (χ4v) is 5.51. The molecule has 0 bridgehead atoms. The Morgan fingerprint density at radius 3 is 2.45 bits per heavy atom. The molecule has 1 N–H and O–H groups in total. The molecule has 1 atom stereocenters. The highest BCUT2D eigenvalue weighted by Crippen LogP contribution is 2.49. The number of ketones is 2. The number of aliphatic hydroxyl groups is 1. The maximum atomic E-state index is 13.3. The third-order valence-electron chi connectivity index (χ3n) is 7.28. The van der Waals surface area contributed by atoms with Gasteiger partial charge in [0.15, 0.2) is 0 Å². The highest BCUT2D eigenvalue weighted by Gasteiger charge is 2.55. The Kier molecular flexibility index (Phi) is 5.31. The zero-order chi connectivity index (χ0) is 23.3. The Bertz CT molecular complexity index is 1140. The van der Waals surface area contributed by atoms with Crippen molar-refractivity contribution in [2.24, 2.45) is 11.3 Å². The summed E-state index contributed by atoms with van der Waals surface area (Å²) >= 11 is 0. The molecule has 2 saturated carbocycles. The first kappa shape index (κ1) is 21.7. The quantitative estimate of drug-likeness (QED) is 0.706. The van der Waals surface area contributed by atoms with E-state index in [1.807, 2.05) is 17.9 Å². The number of hydrogen-bond donors (Lipinski definition) is 1. The van der Waals surface area contributed by atoms with E-state index in [0.717, 1.165) is 24.0 Å². The Hall–Kier alpha value is -3.08. The molecule has 2 aromatic rings. The number of carbonyl (C=O) groups excluding carboxylic acids is 2. The van der Waals surface area contributed by atoms with Gasteiger partial charge in [0, 0.05) is 48.7 Å². The number of pyridine rings is 1. The molecule has 5 rings (SSSR count). The maximum Gasteiger partial charge on any atom is 0.148 e. The maximum absolute atomic E-state index is 13.3. The third kappa shape index (κ3) is 3.84. The second kappa shape index (κ2) is 8.05. The second-order valence-electron chi connectivity index (χ2n) is 9.83. The number of aromatic nitrogens is 1. The summed E-state index contributed by atoms with van der Waals surface area (Å²) in [6.45, 7) is 3.09. The van der Waals surface area contributed by atoms with Gasteiger partial charge in [-0.05, 0) is 55.5 Å². The molecule has 3 aliphatic rings. The summed E-state index contributed by atoms with van der Waals surface area (Å²) in [6.07, 6.45) is 3.87. The van der Waals surface area contributed by atoms with Crippen molar-refractivity contribution >= 4 is 11.6 Å². The van der Waals surface area contributed by atoms with Gasteiger partial charge in [-0.2, -0.15) is 5.26 Å². The van der Waals surface area contributed by atoms with Crippen molar-refractivity contribution in [3.8, 4) is 23.1 Å². The number of nitriles is 1. The minimum Gasteiger partial charge on any atom is -0.496 e. The van der Waals surface area contributed by atoms with Crippen LogP contribution in [0.2, 0.25) is 0 Å². The summed E-state index contributed by atoms with van der Waals surface area (Å²) in [5.41, 5.74) is 3.06. The summed E-state index contributed by atoms with van der Waals surface area (Å²) < 4.78 is 5.63. The van der Waals surface area contributed by atoms with E-state index in [1.54, 1.807) is 18.2 Å². The van der Waals surface area contributed by atoms with Crippen LogP contribution in [0.5, 0.6) is 5.75 Å². The number of rotatable bonds is 5. The summed E-state index contributed by atoms with van der Waals surface area (Å²) in [4.78, 5) is 32.9. The molecule has 1 spiro atoms. The minimum absolute atomic E-state index is 0.0718. The van der Waals surface area contributed by atoms with E-state index in [0.29, 0.717) is 54.4 Å². The Labute approximate surface area is 193 Å². The lowest BCUT2D eigenvalue weighted by molar-refractivity contribution is -0.157. The van der Waals surface area contributed by atoms with E-state index in [4.69, 9.17) is 10.00 Å². The van der Waals surface area contributed by atoms with Gasteiger partial charge in [-0.1, -0.05) is 0 Å². The first-order chi connectivity index (χ1) is 15.8. The van der Waals surface area contributed by atoms with Gasteiger partial charge in [0.1, 0.15) is 35.5 Å². The summed E-state index contributed by atoms with van der Waals surface area (Å²) in [5, 5.41) is 19.4. The molecule has 0 amide bonds. The predicted octanol–water partition coefficient (Wildman–Crippen LogP) is 2.98. The van der Waals surface area contributed by atoms with Crippen LogP contribution in [0.4, 0.5) is 0 Å². The Morgan fingerprint density at radius 2 is 1.91 bits per heavy atom. The fraction of sp³-hybridized carbons (Fsp3) is 0.462. The molecule has 2 aliphatic carbocycles. The standard InChI is InChI=1S/C26H27N3O4/c1-15-7-18(19-6-3-16(11-27)12-28-19)8-22(33-2)23(15)24-20(30)9-26(10-21(24)31)13-29(14-26)25(32)17-4-5-17/h3,6-8,12,17,24-25,32H,4-5,9-10,13-14H2,1-2H3. The molecule has 3 fully saturated rings. The van der Waals surface area contributed by atoms with E-state index < -0.39 is 12.1 Å². The predicted molar refractivity (Wildman–Crippen MR) is 120 cm³/mol. The molecule has 1 aromatic heterocycles. The van der Waals surface area contributed by atoms with Crippen molar-refractivity contribution in [2.75, 3.05) is 20.2 Å². The monoisotopic (exact) mass is 445 g/mol. The molecule has 170 valence electrons. The largest absolute Gasteiger partial charge is 0.496 e. The second-order valence-corrected chi connectivity index (χ2v) is 9.83. The van der Waals surface area contributed by atoms with Crippen molar-refractivity contribution in [3.05, 3.63) is 47.2 Å². The normalized spacial score (nSPS) is 21.5. The van der Waals surface area contributed by atoms with E-state index in [-0.39, 0.29) is 17.0 Å². The molecule has 0 radical (unpaired) electrons. The average Bonchev–Trinajstić information content (AvgIpc) is 3.62. The molecule has 33 heavy (non-hydrogen) atoms. The molecule has 7 nitrogen and oxygen atoms in total. The van der Waals surface area contributed by atoms with Gasteiger partial charge in [0.2, 0.25) is 0 Å². The van der Waals surface area contributed by atoms with Crippen LogP contribution in [-0.4, -0.2) is 53.0 Å². The first-order valence-corrected chi connectivity index (χ1v) is 11.4. The van der Waals surface area contributed by atoms with Crippen LogP contribution < -0.4 is 4.74 Å². The van der Waals surface area contributed by atoms with Crippen molar-refractivity contribution in [1.29, 1.82) is 5.26 Å². The zero-order valence-corrected chi connectivity index (χ0v) is 18.9. The molecular weight excluding hydrogens is 418 g/mol. The van der Waals surface area contributed by atoms with E-state index >= 15 is 0 Å². The van der Waals surface area contributed by atoms with Gasteiger partial charge in [0.05, 0.1) is 18.4 Å². The van der Waals surface area contributed by atoms with Crippen LogP contribution in [0.3, 0.4) is 0 Å². The van der Waals surface area contributed by atoms with Crippen molar-refractivity contribution in [1.82, 2.24) is 9.88 Å². The molecule has 1 aliphatic heterocycles. The third-order valence-corrected chi connectivity index (χ3v) is 7.28. The number of benzene rings is 1. The lowest BCUT2D eigenvalue weighted by Crippen LogP contribution is -2.63. The highest BCUT2D eigenvalue weighted by molar-refractivity contribution is 6.11. The molecular formula is C26H27N3O4. The molecule has 1 saturated heterocycles. The van der Waals surface area contributed by atoms with Crippen LogP contribution in [0.25, 0.3) is 11.3 Å². The summed E-state index contributed by atoms with van der Waals surface area (Å²) in [7, 11) is 1.54. The van der Waals surface area contributed by atoms with Crippen LogP contribution in [0.1, 0.15) is 48.3 Å². The number of methoxy groups -OCH3 is 1. The average molecular weight is 446 g/mol. The lowest BCUT2D eigenvalue weighted by Gasteiger charge is -2.54. The van der Waals surface area contributed by atoms with Crippen molar-refractivity contribution < 1.29 is 19.4 Å². The van der Waals surface area contributed by atoms with Gasteiger partial charge in [-0.15, -0.1) is 0 Å². The van der Waals surface area contributed by atoms with E-state index in [2.05, 4.69) is 11.1 Å². The summed E-state index contributed by atoms with van der Waals surface area (Å²) in [6, 6.07) is 9.24. The first-order valence-electron chi connectivity index (χ1n) is 11.4. The number of ether oxygens (including phenoxy) is 1. The highest BCUT2D eigenvalue weighted by atomic mass is 16.5. The molecule has 7 heteroatoms. The SMILES string of the molecule is COc1cc(-c2ccc(C#N)cn2)cc(C)c1C1C(=O)CC2(CC1=O)CN(C(O)C1CC1)C2. The minimum atomic E-state index is -0.823. The van der Waals surface area contributed by atoms with Gasteiger partial charge < -0.3 is 9.84 Å². The number of aryl methyl sites for hydroxylation is 1. The van der Waals surface area contributed by atoms with Crippen LogP contribution >= 0.6 is 0 Å². The number of nitrogens with zero attached hydrogens (tertiary/aromatic N) is 3. The smallest absolute Gasteiger partial charge is 0.148 e.